The van der Waals surface area contributed by atoms with Gasteiger partial charge in [0, 0.05) is 12.0 Å². The van der Waals surface area contributed by atoms with Crippen LogP contribution in [-0.4, -0.2) is 21.9 Å². The van der Waals surface area contributed by atoms with Crippen molar-refractivity contribution in [3.05, 3.63) is 102 Å². The van der Waals surface area contributed by atoms with Crippen LogP contribution >= 0.6 is 0 Å². The Morgan fingerprint density at radius 1 is 0.842 bits per heavy atom. The van der Waals surface area contributed by atoms with E-state index in [1.807, 2.05) is 18.2 Å². The van der Waals surface area contributed by atoms with E-state index in [4.69, 9.17) is 9.15 Å². The number of carbonyl (C=O) groups excluding carboxylic acids is 2. The fourth-order valence-electron chi connectivity index (χ4n) is 3.91. The summed E-state index contributed by atoms with van der Waals surface area (Å²) >= 11 is 0. The lowest BCUT2D eigenvalue weighted by atomic mass is 10.0. The Hall–Kier alpha value is -4.33. The molecular weight excluding hydrogens is 485 g/mol. The molecule has 0 atom stereocenters. The van der Waals surface area contributed by atoms with Gasteiger partial charge in [0.05, 0.1) is 6.54 Å². The zero-order valence-electron chi connectivity index (χ0n) is 21.1. The maximum absolute atomic E-state index is 13.3. The van der Waals surface area contributed by atoms with Crippen molar-refractivity contribution >= 4 is 11.7 Å². The number of hydrogen-bond acceptors (Lipinski definition) is 6. The van der Waals surface area contributed by atoms with Gasteiger partial charge in [0.2, 0.25) is 17.6 Å². The van der Waals surface area contributed by atoms with E-state index in [0.29, 0.717) is 17.7 Å². The maximum Gasteiger partial charge on any atom is 0.287 e. The van der Waals surface area contributed by atoms with Crippen LogP contribution in [0.3, 0.4) is 0 Å². The quantitative estimate of drug-likeness (QED) is 0.168. The number of rotatable bonds is 14. The molecule has 8 heteroatoms. The first-order chi connectivity index (χ1) is 18.6. The third-order valence-corrected chi connectivity index (χ3v) is 5.98. The van der Waals surface area contributed by atoms with Crippen LogP contribution < -0.4 is 10.1 Å². The number of ether oxygens (including phenoxy) is 1. The molecule has 0 bridgehead atoms. The molecule has 196 valence electrons. The smallest absolute Gasteiger partial charge is 0.287 e. The van der Waals surface area contributed by atoms with Crippen molar-refractivity contribution in [2.45, 2.75) is 51.7 Å². The van der Waals surface area contributed by atoms with Crippen molar-refractivity contribution in [2.75, 3.05) is 0 Å². The van der Waals surface area contributed by atoms with Gasteiger partial charge in [0.15, 0.2) is 0 Å². The zero-order valence-corrected chi connectivity index (χ0v) is 21.1. The van der Waals surface area contributed by atoms with Gasteiger partial charge in [-0.15, -0.1) is 10.2 Å². The van der Waals surface area contributed by atoms with Crippen molar-refractivity contribution in [3.8, 4) is 17.2 Å². The lowest BCUT2D eigenvalue weighted by molar-refractivity contribution is -0.138. The first-order valence-electron chi connectivity index (χ1n) is 12.7. The Morgan fingerprint density at radius 3 is 2.39 bits per heavy atom. The number of carbonyl (C=O) groups is 2. The Morgan fingerprint density at radius 2 is 1.61 bits per heavy atom. The third kappa shape index (κ3) is 8.37. The molecule has 7 nitrogen and oxygen atoms in total. The van der Waals surface area contributed by atoms with Crippen molar-refractivity contribution in [1.29, 1.82) is 0 Å². The van der Waals surface area contributed by atoms with Crippen LogP contribution in [-0.2, 0) is 29.2 Å². The molecule has 4 aromatic rings. The van der Waals surface area contributed by atoms with Gasteiger partial charge in [-0.05, 0) is 66.8 Å². The monoisotopic (exact) mass is 515 g/mol. The molecule has 0 radical (unpaired) electrons. The molecule has 4 rings (SSSR count). The number of nitrogens with zero attached hydrogens (tertiary/aromatic N) is 2. The highest BCUT2D eigenvalue weighted by molar-refractivity contribution is 6.36. The minimum absolute atomic E-state index is 0.0243. The van der Waals surface area contributed by atoms with Crippen LogP contribution in [0.4, 0.5) is 4.39 Å². The molecule has 0 aliphatic carbocycles. The molecule has 38 heavy (non-hydrogen) atoms. The van der Waals surface area contributed by atoms with Crippen LogP contribution in [0.2, 0.25) is 0 Å². The van der Waals surface area contributed by atoms with Crippen LogP contribution in [0.15, 0.2) is 83.3 Å². The Balaban J connectivity index is 1.14. The van der Waals surface area contributed by atoms with E-state index in [2.05, 4.69) is 27.6 Å². The number of hydrogen-bond donors (Lipinski definition) is 1. The number of ketones is 1. The van der Waals surface area contributed by atoms with Gasteiger partial charge >= 0.3 is 0 Å². The molecule has 1 N–H and O–H groups in total. The van der Waals surface area contributed by atoms with Gasteiger partial charge in [-0.2, -0.15) is 0 Å². The van der Waals surface area contributed by atoms with Crippen LogP contribution in [0.25, 0.3) is 11.5 Å². The van der Waals surface area contributed by atoms with E-state index in [-0.39, 0.29) is 37.2 Å². The van der Waals surface area contributed by atoms with Crippen molar-refractivity contribution in [2.24, 2.45) is 0 Å². The molecule has 0 saturated carbocycles. The molecule has 0 saturated heterocycles. The standard InChI is InChI=1S/C30H30FN3O4/c31-25-13-8-12-23(19-25)21-37-26-17-15-24(16-18-26)30-34-33-28(38-30)20-32-29(36)27(35)14-7-2-1-4-9-22-10-5-3-6-11-22/h3,5-6,8,10-13,15-19H,1-2,4,7,9,14,20-21H2,(H,32,36). The second-order valence-electron chi connectivity index (χ2n) is 8.95. The van der Waals surface area contributed by atoms with Crippen molar-refractivity contribution < 1.29 is 23.1 Å². The highest BCUT2D eigenvalue weighted by Gasteiger charge is 2.15. The van der Waals surface area contributed by atoms with E-state index < -0.39 is 11.7 Å². The molecule has 1 heterocycles. The van der Waals surface area contributed by atoms with Gasteiger partial charge in [0.1, 0.15) is 18.2 Å². The van der Waals surface area contributed by atoms with Gasteiger partial charge in [0.25, 0.3) is 5.91 Å². The lowest BCUT2D eigenvalue weighted by Crippen LogP contribution is -2.30. The second-order valence-corrected chi connectivity index (χ2v) is 8.95. The van der Waals surface area contributed by atoms with Gasteiger partial charge in [-0.25, -0.2) is 4.39 Å². The molecule has 1 aromatic heterocycles. The van der Waals surface area contributed by atoms with Crippen molar-refractivity contribution in [3.63, 3.8) is 0 Å². The molecule has 1 amide bonds. The fraction of sp³-hybridized carbons (Fsp3) is 0.267. The minimum atomic E-state index is -0.645. The number of Topliss-reactive ketones (excluding diaryl/α,β-unsaturated/α-hetero) is 1. The van der Waals surface area contributed by atoms with E-state index in [1.54, 1.807) is 36.4 Å². The summed E-state index contributed by atoms with van der Waals surface area (Å²) in [6.45, 7) is 0.220. The molecule has 0 unspecified atom stereocenters. The minimum Gasteiger partial charge on any atom is -0.489 e. The fourth-order valence-corrected chi connectivity index (χ4v) is 3.91. The summed E-state index contributed by atoms with van der Waals surface area (Å²) in [6, 6.07) is 23.6. The first-order valence-corrected chi connectivity index (χ1v) is 12.7. The SMILES string of the molecule is O=C(CCCCCCc1ccccc1)C(=O)NCc1nnc(-c2ccc(OCc3cccc(F)c3)cc2)o1. The predicted octanol–water partition coefficient (Wildman–Crippen LogP) is 5.83. The third-order valence-electron chi connectivity index (χ3n) is 5.98. The Kier molecular flexibility index (Phi) is 9.73. The van der Waals surface area contributed by atoms with Gasteiger partial charge < -0.3 is 14.5 Å². The van der Waals surface area contributed by atoms with E-state index in [0.717, 1.165) is 31.2 Å². The van der Waals surface area contributed by atoms with E-state index in [9.17, 15) is 14.0 Å². The Labute approximate surface area is 221 Å². The summed E-state index contributed by atoms with van der Waals surface area (Å²) in [4.78, 5) is 24.3. The molecule has 0 aliphatic rings. The number of nitrogens with one attached hydrogen (secondary N) is 1. The normalized spacial score (nSPS) is 10.8. The number of halogens is 1. The number of aryl methyl sites for hydroxylation is 1. The van der Waals surface area contributed by atoms with E-state index >= 15 is 0 Å². The molecule has 0 aliphatic heterocycles. The zero-order chi connectivity index (χ0) is 26.6. The second kappa shape index (κ2) is 13.8. The summed E-state index contributed by atoms with van der Waals surface area (Å²) in [5.74, 6) is -0.296. The summed E-state index contributed by atoms with van der Waals surface area (Å²) in [5.41, 5.74) is 2.72. The predicted molar refractivity (Wildman–Crippen MR) is 141 cm³/mol. The maximum atomic E-state index is 13.3. The topological polar surface area (TPSA) is 94.3 Å². The number of amides is 1. The van der Waals surface area contributed by atoms with Gasteiger partial charge in [-0.3, -0.25) is 9.59 Å². The van der Waals surface area contributed by atoms with Crippen molar-refractivity contribution in [1.82, 2.24) is 15.5 Å². The highest BCUT2D eigenvalue weighted by atomic mass is 19.1. The summed E-state index contributed by atoms with van der Waals surface area (Å²) < 4.78 is 24.6. The van der Waals surface area contributed by atoms with Crippen LogP contribution in [0.5, 0.6) is 5.75 Å². The van der Waals surface area contributed by atoms with E-state index in [1.165, 1.54) is 17.7 Å². The summed E-state index contributed by atoms with van der Waals surface area (Å²) in [7, 11) is 0. The number of unbranched alkanes of at least 4 members (excludes halogenated alkanes) is 3. The van der Waals surface area contributed by atoms with Gasteiger partial charge in [-0.1, -0.05) is 55.3 Å². The number of aromatic nitrogens is 2. The molecule has 3 aromatic carbocycles. The summed E-state index contributed by atoms with van der Waals surface area (Å²) in [5, 5.41) is 10.5. The molecule has 0 spiro atoms. The average Bonchev–Trinajstić information content (AvgIpc) is 3.42. The number of benzene rings is 3. The largest absolute Gasteiger partial charge is 0.489 e. The highest BCUT2D eigenvalue weighted by Crippen LogP contribution is 2.22. The van der Waals surface area contributed by atoms with Crippen LogP contribution in [0, 0.1) is 5.82 Å². The summed E-state index contributed by atoms with van der Waals surface area (Å²) in [6.07, 6.45) is 4.93. The Bertz CT molecular complexity index is 1320. The van der Waals surface area contributed by atoms with Crippen LogP contribution in [0.1, 0.15) is 49.1 Å². The molecule has 0 fully saturated rings. The molecular formula is C30H30FN3O4. The average molecular weight is 516 g/mol. The lowest BCUT2D eigenvalue weighted by Gasteiger charge is -2.06. The first kappa shape index (κ1) is 26.7.